The van der Waals surface area contributed by atoms with E-state index in [2.05, 4.69) is 33.4 Å². The first kappa shape index (κ1) is 14.7. The molecule has 22 heavy (non-hydrogen) atoms. The summed E-state index contributed by atoms with van der Waals surface area (Å²) < 4.78 is 1.70. The fraction of sp³-hybridized carbons (Fsp3) is 0.438. The SMILES string of the molecule is CN1Cc2cccc(NC(=O)c3ncn(C(C)(C)C)n3)c2C1. The van der Waals surface area contributed by atoms with Crippen LogP contribution >= 0.6 is 0 Å². The van der Waals surface area contributed by atoms with Crippen molar-refractivity contribution in [3.8, 4) is 0 Å². The van der Waals surface area contributed by atoms with Gasteiger partial charge >= 0.3 is 0 Å². The third kappa shape index (κ3) is 2.74. The van der Waals surface area contributed by atoms with Crippen LogP contribution in [0.1, 0.15) is 42.5 Å². The Balaban J connectivity index is 1.81. The van der Waals surface area contributed by atoms with Gasteiger partial charge in [0.05, 0.1) is 5.54 Å². The molecule has 1 aliphatic heterocycles. The average Bonchev–Trinajstić information content (AvgIpc) is 3.03. The van der Waals surface area contributed by atoms with Gasteiger partial charge in [0, 0.05) is 18.8 Å². The summed E-state index contributed by atoms with van der Waals surface area (Å²) in [5.74, 6) is -0.0789. The van der Waals surface area contributed by atoms with Crippen molar-refractivity contribution in [1.82, 2.24) is 19.7 Å². The second-order valence-corrected chi connectivity index (χ2v) is 6.75. The van der Waals surface area contributed by atoms with E-state index in [1.54, 1.807) is 11.0 Å². The highest BCUT2D eigenvalue weighted by Gasteiger charge is 2.22. The lowest BCUT2D eigenvalue weighted by Gasteiger charge is -2.17. The standard InChI is InChI=1S/C16H21N5O/c1-16(2,3)21-10-17-14(19-21)15(22)18-13-7-5-6-11-8-20(4)9-12(11)13/h5-7,10H,8-9H2,1-4H3,(H,18,22). The van der Waals surface area contributed by atoms with Crippen LogP contribution in [0.15, 0.2) is 24.5 Å². The zero-order valence-corrected chi connectivity index (χ0v) is 13.4. The first-order valence-electron chi connectivity index (χ1n) is 7.37. The summed E-state index contributed by atoms with van der Waals surface area (Å²) in [4.78, 5) is 18.7. The molecule has 0 atom stereocenters. The van der Waals surface area contributed by atoms with E-state index in [-0.39, 0.29) is 17.3 Å². The molecule has 1 aliphatic rings. The highest BCUT2D eigenvalue weighted by atomic mass is 16.2. The molecule has 0 saturated carbocycles. The fourth-order valence-corrected chi connectivity index (χ4v) is 2.57. The number of hydrogen-bond donors (Lipinski definition) is 1. The van der Waals surface area contributed by atoms with Crippen LogP contribution in [0.25, 0.3) is 0 Å². The second kappa shape index (κ2) is 5.21. The Morgan fingerprint density at radius 1 is 1.27 bits per heavy atom. The van der Waals surface area contributed by atoms with E-state index in [9.17, 15) is 4.79 Å². The van der Waals surface area contributed by atoms with E-state index in [0.717, 1.165) is 18.8 Å². The smallest absolute Gasteiger partial charge is 0.295 e. The second-order valence-electron chi connectivity index (χ2n) is 6.75. The molecular formula is C16H21N5O. The summed E-state index contributed by atoms with van der Waals surface area (Å²) in [6, 6.07) is 5.99. The van der Waals surface area contributed by atoms with Crippen molar-refractivity contribution in [1.29, 1.82) is 0 Å². The molecule has 2 heterocycles. The minimum absolute atomic E-state index is 0.192. The van der Waals surface area contributed by atoms with E-state index >= 15 is 0 Å². The summed E-state index contributed by atoms with van der Waals surface area (Å²) in [5.41, 5.74) is 3.09. The van der Waals surface area contributed by atoms with E-state index in [1.807, 2.05) is 32.9 Å². The van der Waals surface area contributed by atoms with E-state index in [4.69, 9.17) is 0 Å². The molecule has 1 N–H and O–H groups in total. The van der Waals surface area contributed by atoms with Crippen molar-refractivity contribution in [3.05, 3.63) is 41.5 Å². The molecule has 0 unspecified atom stereocenters. The van der Waals surface area contributed by atoms with Gasteiger partial charge in [-0.25, -0.2) is 9.67 Å². The summed E-state index contributed by atoms with van der Waals surface area (Å²) in [5, 5.41) is 7.21. The summed E-state index contributed by atoms with van der Waals surface area (Å²) in [7, 11) is 2.07. The van der Waals surface area contributed by atoms with Crippen LogP contribution < -0.4 is 5.32 Å². The first-order valence-corrected chi connectivity index (χ1v) is 7.37. The van der Waals surface area contributed by atoms with E-state index in [0.29, 0.717) is 0 Å². The maximum absolute atomic E-state index is 12.4. The summed E-state index contributed by atoms with van der Waals surface area (Å²) >= 11 is 0. The third-order valence-electron chi connectivity index (χ3n) is 3.77. The van der Waals surface area contributed by atoms with Gasteiger partial charge in [-0.2, -0.15) is 0 Å². The number of carbonyl (C=O) groups excluding carboxylic acids is 1. The number of fused-ring (bicyclic) bond motifs is 1. The van der Waals surface area contributed by atoms with Crippen LogP contribution in [0.4, 0.5) is 5.69 Å². The number of hydrogen-bond acceptors (Lipinski definition) is 4. The van der Waals surface area contributed by atoms with Crippen molar-refractivity contribution in [2.45, 2.75) is 39.4 Å². The lowest BCUT2D eigenvalue weighted by atomic mass is 10.1. The monoisotopic (exact) mass is 299 g/mol. The van der Waals surface area contributed by atoms with Gasteiger partial charge in [0.15, 0.2) is 0 Å². The predicted octanol–water partition coefficient (Wildman–Crippen LogP) is 2.23. The largest absolute Gasteiger partial charge is 0.319 e. The molecule has 0 fully saturated rings. The molecule has 6 heteroatoms. The molecule has 1 aromatic carbocycles. The van der Waals surface area contributed by atoms with Crippen LogP contribution in [-0.4, -0.2) is 32.6 Å². The van der Waals surface area contributed by atoms with Gasteiger partial charge < -0.3 is 5.32 Å². The van der Waals surface area contributed by atoms with Gasteiger partial charge in [0.1, 0.15) is 6.33 Å². The predicted molar refractivity (Wildman–Crippen MR) is 84.6 cm³/mol. The third-order valence-corrected chi connectivity index (χ3v) is 3.77. The quantitative estimate of drug-likeness (QED) is 0.923. The lowest BCUT2D eigenvalue weighted by molar-refractivity contribution is 0.101. The van der Waals surface area contributed by atoms with Crippen LogP contribution in [-0.2, 0) is 18.6 Å². The maximum Gasteiger partial charge on any atom is 0.295 e. The number of amides is 1. The number of carbonyl (C=O) groups is 1. The van der Waals surface area contributed by atoms with E-state index in [1.165, 1.54) is 11.1 Å². The van der Waals surface area contributed by atoms with Crippen molar-refractivity contribution in [2.75, 3.05) is 12.4 Å². The molecule has 116 valence electrons. The van der Waals surface area contributed by atoms with Gasteiger partial charge in [0.2, 0.25) is 5.82 Å². The Bertz CT molecular complexity index is 714. The molecular weight excluding hydrogens is 278 g/mol. The summed E-state index contributed by atoms with van der Waals surface area (Å²) in [6.07, 6.45) is 1.60. The van der Waals surface area contributed by atoms with Crippen molar-refractivity contribution in [3.63, 3.8) is 0 Å². The highest BCUT2D eigenvalue weighted by Crippen LogP contribution is 2.28. The van der Waals surface area contributed by atoms with E-state index < -0.39 is 0 Å². The molecule has 0 bridgehead atoms. The minimum Gasteiger partial charge on any atom is -0.319 e. The van der Waals surface area contributed by atoms with Crippen LogP contribution in [0.2, 0.25) is 0 Å². The van der Waals surface area contributed by atoms with Crippen molar-refractivity contribution >= 4 is 11.6 Å². The average molecular weight is 299 g/mol. The number of anilines is 1. The van der Waals surface area contributed by atoms with Gasteiger partial charge in [-0.3, -0.25) is 9.69 Å². The molecule has 0 aliphatic carbocycles. The molecule has 0 radical (unpaired) electrons. The molecule has 1 amide bonds. The molecule has 1 aromatic heterocycles. The van der Waals surface area contributed by atoms with Gasteiger partial charge in [0.25, 0.3) is 5.91 Å². The van der Waals surface area contributed by atoms with Crippen LogP contribution in [0.3, 0.4) is 0 Å². The van der Waals surface area contributed by atoms with Gasteiger partial charge in [-0.15, -0.1) is 5.10 Å². The number of rotatable bonds is 2. The number of benzene rings is 1. The fourth-order valence-electron chi connectivity index (χ4n) is 2.57. The molecule has 3 rings (SSSR count). The Morgan fingerprint density at radius 3 is 2.73 bits per heavy atom. The van der Waals surface area contributed by atoms with Crippen LogP contribution in [0, 0.1) is 0 Å². The lowest BCUT2D eigenvalue weighted by Crippen LogP contribution is -2.23. The topological polar surface area (TPSA) is 63.1 Å². The zero-order valence-electron chi connectivity index (χ0n) is 13.4. The molecule has 6 nitrogen and oxygen atoms in total. The molecule has 0 saturated heterocycles. The molecule has 0 spiro atoms. The van der Waals surface area contributed by atoms with Crippen molar-refractivity contribution < 1.29 is 4.79 Å². The Kier molecular flexibility index (Phi) is 3.48. The first-order chi connectivity index (χ1) is 10.3. The number of nitrogens with one attached hydrogen (secondary N) is 1. The maximum atomic E-state index is 12.4. The van der Waals surface area contributed by atoms with Crippen LogP contribution in [0.5, 0.6) is 0 Å². The number of nitrogens with zero attached hydrogens (tertiary/aromatic N) is 4. The van der Waals surface area contributed by atoms with Gasteiger partial charge in [-0.05, 0) is 45.0 Å². The number of aromatic nitrogens is 3. The Hall–Kier alpha value is -2.21. The summed E-state index contributed by atoms with van der Waals surface area (Å²) in [6.45, 7) is 7.81. The Morgan fingerprint density at radius 2 is 2.05 bits per heavy atom. The zero-order chi connectivity index (χ0) is 15.9. The molecule has 2 aromatic rings. The van der Waals surface area contributed by atoms with Crippen molar-refractivity contribution in [2.24, 2.45) is 0 Å². The minimum atomic E-state index is -0.272. The Labute approximate surface area is 130 Å². The normalized spacial score (nSPS) is 14.9. The van der Waals surface area contributed by atoms with Gasteiger partial charge in [-0.1, -0.05) is 12.1 Å². The highest BCUT2D eigenvalue weighted by molar-refractivity contribution is 6.02.